The van der Waals surface area contributed by atoms with Crippen molar-refractivity contribution in [2.24, 2.45) is 0 Å². The highest BCUT2D eigenvalue weighted by Crippen LogP contribution is 2.18. The number of aliphatic carboxylic acids is 1. The van der Waals surface area contributed by atoms with Crippen molar-refractivity contribution in [3.8, 4) is 5.69 Å². The van der Waals surface area contributed by atoms with Crippen LogP contribution in [0.25, 0.3) is 5.69 Å². The molecule has 0 aliphatic heterocycles. The molecule has 0 saturated heterocycles. The van der Waals surface area contributed by atoms with Crippen molar-refractivity contribution < 1.29 is 9.90 Å². The van der Waals surface area contributed by atoms with E-state index >= 15 is 0 Å². The van der Waals surface area contributed by atoms with Gasteiger partial charge in [0.1, 0.15) is 0 Å². The van der Waals surface area contributed by atoms with Crippen molar-refractivity contribution in [2.75, 3.05) is 0 Å². The summed E-state index contributed by atoms with van der Waals surface area (Å²) in [6.45, 7) is 6.12. The summed E-state index contributed by atoms with van der Waals surface area (Å²) < 4.78 is 1.86. The smallest absolute Gasteiger partial charge is 0.303 e. The lowest BCUT2D eigenvalue weighted by atomic mass is 10.1. The molecular formula is C15H18N2O2. The van der Waals surface area contributed by atoms with Crippen molar-refractivity contribution in [3.05, 3.63) is 46.8 Å². The van der Waals surface area contributed by atoms with E-state index in [2.05, 4.69) is 31.1 Å². The van der Waals surface area contributed by atoms with Gasteiger partial charge in [0.2, 0.25) is 0 Å². The molecule has 0 aliphatic rings. The lowest BCUT2D eigenvalue weighted by molar-refractivity contribution is -0.136. The van der Waals surface area contributed by atoms with Gasteiger partial charge in [0.15, 0.2) is 0 Å². The first-order valence-electron chi connectivity index (χ1n) is 6.32. The molecule has 0 unspecified atom stereocenters. The summed E-state index contributed by atoms with van der Waals surface area (Å²) in [5, 5.41) is 13.1. The largest absolute Gasteiger partial charge is 0.481 e. The average molecular weight is 258 g/mol. The van der Waals surface area contributed by atoms with Gasteiger partial charge in [0.25, 0.3) is 0 Å². The number of rotatable bonds is 4. The zero-order chi connectivity index (χ0) is 14.0. The molecule has 2 rings (SSSR count). The maximum Gasteiger partial charge on any atom is 0.303 e. The van der Waals surface area contributed by atoms with Crippen LogP contribution in [0.15, 0.2) is 24.4 Å². The zero-order valence-corrected chi connectivity index (χ0v) is 11.5. The Morgan fingerprint density at radius 1 is 1.26 bits per heavy atom. The summed E-state index contributed by atoms with van der Waals surface area (Å²) in [6.07, 6.45) is 2.42. The molecule has 0 radical (unpaired) electrons. The summed E-state index contributed by atoms with van der Waals surface area (Å²) in [6, 6.07) is 6.20. The van der Waals surface area contributed by atoms with Crippen LogP contribution in [0.1, 0.15) is 28.8 Å². The van der Waals surface area contributed by atoms with Gasteiger partial charge >= 0.3 is 5.97 Å². The van der Waals surface area contributed by atoms with Crippen molar-refractivity contribution in [1.82, 2.24) is 9.78 Å². The van der Waals surface area contributed by atoms with Crippen molar-refractivity contribution in [2.45, 2.75) is 33.6 Å². The minimum absolute atomic E-state index is 0.138. The van der Waals surface area contributed by atoms with Crippen LogP contribution in [-0.4, -0.2) is 20.9 Å². The van der Waals surface area contributed by atoms with Gasteiger partial charge in [-0.1, -0.05) is 6.07 Å². The molecule has 2 aromatic rings. The number of carboxylic acids is 1. The fourth-order valence-electron chi connectivity index (χ4n) is 2.05. The Kier molecular flexibility index (Phi) is 3.69. The molecule has 0 saturated carbocycles. The summed E-state index contributed by atoms with van der Waals surface area (Å²) in [7, 11) is 0. The fourth-order valence-corrected chi connectivity index (χ4v) is 2.05. The Morgan fingerprint density at radius 3 is 2.63 bits per heavy atom. The first-order valence-corrected chi connectivity index (χ1v) is 6.32. The first-order chi connectivity index (χ1) is 8.99. The number of hydrogen-bond donors (Lipinski definition) is 1. The lowest BCUT2D eigenvalue weighted by Gasteiger charge is -2.08. The molecule has 1 aromatic carbocycles. The van der Waals surface area contributed by atoms with E-state index in [4.69, 9.17) is 5.11 Å². The minimum Gasteiger partial charge on any atom is -0.481 e. The highest BCUT2D eigenvalue weighted by atomic mass is 16.4. The van der Waals surface area contributed by atoms with Gasteiger partial charge in [0.05, 0.1) is 11.9 Å². The first kappa shape index (κ1) is 13.3. The van der Waals surface area contributed by atoms with E-state index in [-0.39, 0.29) is 6.42 Å². The van der Waals surface area contributed by atoms with E-state index < -0.39 is 5.97 Å². The number of aromatic nitrogens is 2. The molecule has 4 nitrogen and oxygen atoms in total. The van der Waals surface area contributed by atoms with Gasteiger partial charge in [-0.25, -0.2) is 4.68 Å². The van der Waals surface area contributed by atoms with Crippen LogP contribution >= 0.6 is 0 Å². The topological polar surface area (TPSA) is 55.1 Å². The molecule has 0 amide bonds. The molecule has 19 heavy (non-hydrogen) atoms. The molecule has 4 heteroatoms. The molecule has 0 atom stereocenters. The summed E-state index contributed by atoms with van der Waals surface area (Å²) >= 11 is 0. The second-order valence-electron chi connectivity index (χ2n) is 4.83. The van der Waals surface area contributed by atoms with E-state index in [1.165, 1.54) is 11.1 Å². The van der Waals surface area contributed by atoms with Crippen LogP contribution in [0.5, 0.6) is 0 Å². The summed E-state index contributed by atoms with van der Waals surface area (Å²) in [5.74, 6) is -0.779. The number of nitrogens with zero attached hydrogens (tertiary/aromatic N) is 2. The molecule has 0 spiro atoms. The zero-order valence-electron chi connectivity index (χ0n) is 11.5. The monoisotopic (exact) mass is 258 g/mol. The third-order valence-corrected chi connectivity index (χ3v) is 3.45. The highest BCUT2D eigenvalue weighted by Gasteiger charge is 2.10. The van der Waals surface area contributed by atoms with E-state index in [0.29, 0.717) is 6.42 Å². The van der Waals surface area contributed by atoms with Crippen molar-refractivity contribution >= 4 is 5.97 Å². The number of benzene rings is 1. The van der Waals surface area contributed by atoms with Crippen LogP contribution in [0.4, 0.5) is 0 Å². The predicted molar refractivity (Wildman–Crippen MR) is 73.7 cm³/mol. The van der Waals surface area contributed by atoms with E-state index in [0.717, 1.165) is 16.9 Å². The molecular weight excluding hydrogens is 240 g/mol. The SMILES string of the molecule is Cc1ccc(-n2ncc(CCC(=O)O)c2C)cc1C. The highest BCUT2D eigenvalue weighted by molar-refractivity contribution is 5.67. The Bertz CT molecular complexity index is 615. The Hall–Kier alpha value is -2.10. The molecule has 0 aliphatic carbocycles. The molecule has 100 valence electrons. The molecule has 0 bridgehead atoms. The third-order valence-electron chi connectivity index (χ3n) is 3.45. The second-order valence-corrected chi connectivity index (χ2v) is 4.83. The van der Waals surface area contributed by atoms with Crippen molar-refractivity contribution in [3.63, 3.8) is 0 Å². The average Bonchev–Trinajstić information content (AvgIpc) is 2.72. The number of aryl methyl sites for hydroxylation is 3. The number of hydrogen-bond acceptors (Lipinski definition) is 2. The minimum atomic E-state index is -0.779. The Balaban J connectivity index is 2.30. The fraction of sp³-hybridized carbons (Fsp3) is 0.333. The van der Waals surface area contributed by atoms with Gasteiger partial charge in [-0.15, -0.1) is 0 Å². The van der Waals surface area contributed by atoms with Crippen LogP contribution in [0.3, 0.4) is 0 Å². The Labute approximate surface area is 112 Å². The van der Waals surface area contributed by atoms with Crippen LogP contribution in [0, 0.1) is 20.8 Å². The van der Waals surface area contributed by atoms with Gasteiger partial charge in [-0.3, -0.25) is 4.79 Å². The molecule has 0 fully saturated rings. The van der Waals surface area contributed by atoms with E-state index in [1.54, 1.807) is 6.20 Å². The maximum atomic E-state index is 10.6. The normalized spacial score (nSPS) is 10.7. The quantitative estimate of drug-likeness (QED) is 0.917. The van der Waals surface area contributed by atoms with Gasteiger partial charge in [0, 0.05) is 12.1 Å². The van der Waals surface area contributed by atoms with Crippen LogP contribution in [0.2, 0.25) is 0 Å². The Morgan fingerprint density at radius 2 is 2.00 bits per heavy atom. The maximum absolute atomic E-state index is 10.6. The van der Waals surface area contributed by atoms with Crippen molar-refractivity contribution in [1.29, 1.82) is 0 Å². The standard InChI is InChI=1S/C15H18N2O2/c1-10-4-6-14(8-11(10)2)17-12(3)13(9-16-17)5-7-15(18)19/h4,6,8-9H,5,7H2,1-3H3,(H,18,19). The lowest BCUT2D eigenvalue weighted by Crippen LogP contribution is -2.02. The molecule has 1 heterocycles. The second kappa shape index (κ2) is 5.26. The van der Waals surface area contributed by atoms with E-state index in [9.17, 15) is 4.79 Å². The molecule has 1 aromatic heterocycles. The van der Waals surface area contributed by atoms with Gasteiger partial charge in [-0.05, 0) is 56.0 Å². The van der Waals surface area contributed by atoms with Crippen LogP contribution in [-0.2, 0) is 11.2 Å². The van der Waals surface area contributed by atoms with Gasteiger partial charge < -0.3 is 5.11 Å². The third kappa shape index (κ3) is 2.84. The number of carboxylic acid groups (broad SMARTS) is 1. The number of carbonyl (C=O) groups is 1. The summed E-state index contributed by atoms with van der Waals surface area (Å²) in [4.78, 5) is 10.6. The molecule has 1 N–H and O–H groups in total. The van der Waals surface area contributed by atoms with Crippen LogP contribution < -0.4 is 0 Å². The summed E-state index contributed by atoms with van der Waals surface area (Å²) in [5.41, 5.74) is 5.48. The van der Waals surface area contributed by atoms with Gasteiger partial charge in [-0.2, -0.15) is 5.10 Å². The predicted octanol–water partition coefficient (Wildman–Crippen LogP) is 2.81. The van der Waals surface area contributed by atoms with E-state index in [1.807, 2.05) is 17.7 Å².